The van der Waals surface area contributed by atoms with Crippen molar-refractivity contribution in [1.82, 2.24) is 19.9 Å². The van der Waals surface area contributed by atoms with Gasteiger partial charge in [0, 0.05) is 32.2 Å². The van der Waals surface area contributed by atoms with Gasteiger partial charge in [-0.2, -0.15) is 4.98 Å². The van der Waals surface area contributed by atoms with Crippen molar-refractivity contribution >= 4 is 0 Å². The van der Waals surface area contributed by atoms with Gasteiger partial charge in [0.15, 0.2) is 17.5 Å². The van der Waals surface area contributed by atoms with Gasteiger partial charge in [-0.25, -0.2) is 8.78 Å². The number of rotatable bonds is 4. The minimum absolute atomic E-state index is 0.0446. The number of halogens is 2. The highest BCUT2D eigenvalue weighted by Gasteiger charge is 2.27. The molecule has 0 bridgehead atoms. The first-order chi connectivity index (χ1) is 11.5. The molecule has 0 amide bonds. The summed E-state index contributed by atoms with van der Waals surface area (Å²) in [5, 5.41) is 3.84. The maximum atomic E-state index is 13.4. The Morgan fingerprint density at radius 3 is 2.17 bits per heavy atom. The van der Waals surface area contributed by atoms with E-state index in [-0.39, 0.29) is 12.1 Å². The molecule has 0 N–H and O–H groups in total. The zero-order valence-electron chi connectivity index (χ0n) is 14.2. The number of benzene rings is 1. The molecule has 24 heavy (non-hydrogen) atoms. The summed E-state index contributed by atoms with van der Waals surface area (Å²) in [7, 11) is 0. The van der Waals surface area contributed by atoms with Crippen molar-refractivity contribution in [2.75, 3.05) is 26.2 Å². The topological polar surface area (TPSA) is 45.4 Å². The SMILES string of the molecule is Cc1noc([C@H](C)N2CCN([C@@H](C)c3ccc(F)c(F)c3)CC2)n1. The molecule has 0 spiro atoms. The predicted molar refractivity (Wildman–Crippen MR) is 85.4 cm³/mol. The molecule has 0 aliphatic carbocycles. The van der Waals surface area contributed by atoms with Crippen LogP contribution in [-0.4, -0.2) is 46.1 Å². The molecule has 1 aliphatic heterocycles. The van der Waals surface area contributed by atoms with Crippen LogP contribution in [0.1, 0.15) is 43.2 Å². The van der Waals surface area contributed by atoms with E-state index in [9.17, 15) is 8.78 Å². The summed E-state index contributed by atoms with van der Waals surface area (Å²) in [6, 6.07) is 4.25. The van der Waals surface area contributed by atoms with E-state index in [0.29, 0.717) is 11.7 Å². The standard InChI is InChI=1S/C17H22F2N4O/c1-11(14-4-5-15(18)16(19)10-14)22-6-8-23(9-7-22)12(2)17-20-13(3)21-24-17/h4-5,10-12H,6-9H2,1-3H3/t11-,12-/m0/s1. The number of aryl methyl sites for hydroxylation is 1. The van der Waals surface area contributed by atoms with Crippen molar-refractivity contribution in [3.05, 3.63) is 47.1 Å². The van der Waals surface area contributed by atoms with Crippen molar-refractivity contribution in [3.63, 3.8) is 0 Å². The molecule has 3 rings (SSSR count). The second-order valence-electron chi connectivity index (χ2n) is 6.28. The smallest absolute Gasteiger partial charge is 0.243 e. The third-order valence-electron chi connectivity index (χ3n) is 4.77. The highest BCUT2D eigenvalue weighted by Crippen LogP contribution is 2.26. The highest BCUT2D eigenvalue weighted by molar-refractivity contribution is 5.21. The van der Waals surface area contributed by atoms with Crippen molar-refractivity contribution in [2.45, 2.75) is 32.9 Å². The molecular weight excluding hydrogens is 314 g/mol. The van der Waals surface area contributed by atoms with Gasteiger partial charge < -0.3 is 4.52 Å². The quantitative estimate of drug-likeness (QED) is 0.858. The zero-order chi connectivity index (χ0) is 17.3. The summed E-state index contributed by atoms with van der Waals surface area (Å²) >= 11 is 0. The molecule has 1 aromatic carbocycles. The summed E-state index contributed by atoms with van der Waals surface area (Å²) in [4.78, 5) is 8.86. The lowest BCUT2D eigenvalue weighted by Gasteiger charge is -2.39. The lowest BCUT2D eigenvalue weighted by molar-refractivity contribution is 0.0676. The first kappa shape index (κ1) is 17.0. The summed E-state index contributed by atoms with van der Waals surface area (Å²) in [6.07, 6.45) is 0. The third-order valence-corrected chi connectivity index (χ3v) is 4.77. The predicted octanol–water partition coefficient (Wildman–Crippen LogP) is 3.10. The Labute approximate surface area is 140 Å². The molecule has 1 fully saturated rings. The van der Waals surface area contributed by atoms with Gasteiger partial charge in [0.25, 0.3) is 0 Å². The molecule has 1 aromatic heterocycles. The average Bonchev–Trinajstić information content (AvgIpc) is 3.02. The van der Waals surface area contributed by atoms with E-state index in [1.165, 1.54) is 12.1 Å². The zero-order valence-corrected chi connectivity index (χ0v) is 14.2. The summed E-state index contributed by atoms with van der Waals surface area (Å²) in [6.45, 7) is 9.29. The molecule has 0 radical (unpaired) electrons. The molecule has 0 saturated carbocycles. The largest absolute Gasteiger partial charge is 0.338 e. The third kappa shape index (κ3) is 3.47. The first-order valence-corrected chi connectivity index (χ1v) is 8.19. The molecular formula is C17H22F2N4O. The van der Waals surface area contributed by atoms with E-state index in [0.717, 1.165) is 31.7 Å². The van der Waals surface area contributed by atoms with Crippen LogP contribution in [0.4, 0.5) is 8.78 Å². The van der Waals surface area contributed by atoms with Gasteiger partial charge in [-0.15, -0.1) is 0 Å². The fourth-order valence-corrected chi connectivity index (χ4v) is 3.13. The van der Waals surface area contributed by atoms with Gasteiger partial charge in [0.05, 0.1) is 6.04 Å². The van der Waals surface area contributed by atoms with Gasteiger partial charge in [0.1, 0.15) is 0 Å². The Hall–Kier alpha value is -1.86. The lowest BCUT2D eigenvalue weighted by atomic mass is 10.1. The van der Waals surface area contributed by atoms with Gasteiger partial charge >= 0.3 is 0 Å². The Bertz CT molecular complexity index is 698. The van der Waals surface area contributed by atoms with Crippen LogP contribution in [0.25, 0.3) is 0 Å². The van der Waals surface area contributed by atoms with Crippen molar-refractivity contribution < 1.29 is 13.3 Å². The van der Waals surface area contributed by atoms with E-state index in [2.05, 4.69) is 26.9 Å². The van der Waals surface area contributed by atoms with Gasteiger partial charge in [-0.3, -0.25) is 9.80 Å². The Balaban J connectivity index is 1.61. The van der Waals surface area contributed by atoms with Crippen LogP contribution in [0.15, 0.2) is 22.7 Å². The highest BCUT2D eigenvalue weighted by atomic mass is 19.2. The molecule has 7 heteroatoms. The Morgan fingerprint density at radius 1 is 1.00 bits per heavy atom. The number of hydrogen-bond donors (Lipinski definition) is 0. The van der Waals surface area contributed by atoms with Crippen LogP contribution in [0, 0.1) is 18.6 Å². The molecule has 1 aliphatic rings. The fourth-order valence-electron chi connectivity index (χ4n) is 3.13. The number of piperazine rings is 1. The van der Waals surface area contributed by atoms with Gasteiger partial charge in [-0.05, 0) is 38.5 Å². The summed E-state index contributed by atoms with van der Waals surface area (Å²) < 4.78 is 31.8. The summed E-state index contributed by atoms with van der Waals surface area (Å²) in [5.41, 5.74) is 0.794. The Morgan fingerprint density at radius 2 is 1.62 bits per heavy atom. The van der Waals surface area contributed by atoms with Crippen LogP contribution in [0.2, 0.25) is 0 Å². The second kappa shape index (κ2) is 6.94. The Kier molecular flexibility index (Phi) is 4.91. The minimum Gasteiger partial charge on any atom is -0.338 e. The minimum atomic E-state index is -0.806. The molecule has 2 heterocycles. The second-order valence-corrected chi connectivity index (χ2v) is 6.28. The van der Waals surface area contributed by atoms with E-state index in [1.807, 2.05) is 6.92 Å². The summed E-state index contributed by atoms with van der Waals surface area (Å²) in [5.74, 6) is -0.324. The van der Waals surface area contributed by atoms with Crippen molar-refractivity contribution in [3.8, 4) is 0 Å². The maximum absolute atomic E-state index is 13.4. The van der Waals surface area contributed by atoms with Crippen LogP contribution in [0.3, 0.4) is 0 Å². The molecule has 1 saturated heterocycles. The van der Waals surface area contributed by atoms with E-state index < -0.39 is 11.6 Å². The molecule has 2 atom stereocenters. The normalized spacial score (nSPS) is 19.4. The maximum Gasteiger partial charge on any atom is 0.243 e. The van der Waals surface area contributed by atoms with Crippen LogP contribution < -0.4 is 0 Å². The van der Waals surface area contributed by atoms with E-state index >= 15 is 0 Å². The average molecular weight is 336 g/mol. The van der Waals surface area contributed by atoms with Crippen LogP contribution in [-0.2, 0) is 0 Å². The van der Waals surface area contributed by atoms with Gasteiger partial charge in [0.2, 0.25) is 5.89 Å². The monoisotopic (exact) mass is 336 g/mol. The first-order valence-electron chi connectivity index (χ1n) is 8.19. The molecule has 130 valence electrons. The van der Waals surface area contributed by atoms with Crippen molar-refractivity contribution in [1.29, 1.82) is 0 Å². The lowest BCUT2D eigenvalue weighted by Crippen LogP contribution is -2.47. The molecule has 0 unspecified atom stereocenters. The van der Waals surface area contributed by atoms with E-state index in [4.69, 9.17) is 4.52 Å². The number of aromatic nitrogens is 2. The van der Waals surface area contributed by atoms with Crippen LogP contribution >= 0.6 is 0 Å². The van der Waals surface area contributed by atoms with Crippen molar-refractivity contribution in [2.24, 2.45) is 0 Å². The number of nitrogens with zero attached hydrogens (tertiary/aromatic N) is 4. The fraction of sp³-hybridized carbons (Fsp3) is 0.529. The van der Waals surface area contributed by atoms with Crippen LogP contribution in [0.5, 0.6) is 0 Å². The van der Waals surface area contributed by atoms with E-state index in [1.54, 1.807) is 13.0 Å². The number of hydrogen-bond acceptors (Lipinski definition) is 5. The molecule has 2 aromatic rings. The molecule has 5 nitrogen and oxygen atoms in total. The van der Waals surface area contributed by atoms with Gasteiger partial charge in [-0.1, -0.05) is 11.2 Å².